The summed E-state index contributed by atoms with van der Waals surface area (Å²) < 4.78 is 5.39. The summed E-state index contributed by atoms with van der Waals surface area (Å²) in [6, 6.07) is 14.3. The highest BCUT2D eigenvalue weighted by Gasteiger charge is 2.33. The van der Waals surface area contributed by atoms with Gasteiger partial charge in [0.1, 0.15) is 5.75 Å². The first kappa shape index (κ1) is 22.6. The Morgan fingerprint density at radius 1 is 1.00 bits per heavy atom. The summed E-state index contributed by atoms with van der Waals surface area (Å²) in [6.07, 6.45) is 4.45. The lowest BCUT2D eigenvalue weighted by Gasteiger charge is -2.24. The minimum atomic E-state index is -0.951. The summed E-state index contributed by atoms with van der Waals surface area (Å²) >= 11 is 1.42. The Labute approximate surface area is 185 Å². The highest BCUT2D eigenvalue weighted by atomic mass is 32.2. The molecule has 3 rings (SSSR count). The van der Waals surface area contributed by atoms with Gasteiger partial charge in [-0.05, 0) is 68.3 Å². The molecule has 2 aromatic carbocycles. The number of hydrogen-bond donors (Lipinski definition) is 2. The number of rotatable bonds is 9. The van der Waals surface area contributed by atoms with Gasteiger partial charge >= 0.3 is 5.97 Å². The number of hydrogen-bond acceptors (Lipinski definition) is 5. The van der Waals surface area contributed by atoms with Crippen LogP contribution in [0.2, 0.25) is 0 Å². The molecule has 6 nitrogen and oxygen atoms in total. The third kappa shape index (κ3) is 6.21. The van der Waals surface area contributed by atoms with E-state index in [1.165, 1.54) is 11.8 Å². The molecule has 0 saturated carbocycles. The zero-order valence-corrected chi connectivity index (χ0v) is 18.1. The first-order chi connectivity index (χ1) is 15.0. The standard InChI is InChI=1S/C24H25NO5S/c1-2-30-18-11-7-16(8-12-18)22(26)15-31-19-13-9-17(10-14-19)25-23(27)20-5-3-4-6-21(20)24(28)29/h3-4,7-14,20-21H,2,5-6,15H2,1H3,(H,25,27)(H,28,29). The first-order valence-corrected chi connectivity index (χ1v) is 11.1. The molecule has 7 heteroatoms. The van der Waals surface area contributed by atoms with Crippen LogP contribution in [-0.2, 0) is 9.59 Å². The van der Waals surface area contributed by atoms with E-state index in [0.717, 1.165) is 10.6 Å². The van der Waals surface area contributed by atoms with Gasteiger partial charge in [-0.2, -0.15) is 0 Å². The van der Waals surface area contributed by atoms with Crippen molar-refractivity contribution in [3.8, 4) is 5.75 Å². The molecule has 0 spiro atoms. The van der Waals surface area contributed by atoms with Gasteiger partial charge in [-0.15, -0.1) is 11.8 Å². The van der Waals surface area contributed by atoms with Crippen LogP contribution in [-0.4, -0.2) is 35.1 Å². The van der Waals surface area contributed by atoms with Crippen LogP contribution in [0.3, 0.4) is 0 Å². The molecule has 0 saturated heterocycles. The maximum atomic E-state index is 12.5. The average Bonchev–Trinajstić information content (AvgIpc) is 2.79. The fraction of sp³-hybridized carbons (Fsp3) is 0.292. The van der Waals surface area contributed by atoms with E-state index in [9.17, 15) is 19.5 Å². The van der Waals surface area contributed by atoms with Crippen LogP contribution >= 0.6 is 11.8 Å². The molecular weight excluding hydrogens is 414 g/mol. The molecule has 162 valence electrons. The Balaban J connectivity index is 1.53. The number of thioether (sulfide) groups is 1. The van der Waals surface area contributed by atoms with Crippen LogP contribution in [0, 0.1) is 11.8 Å². The second-order valence-electron chi connectivity index (χ2n) is 7.18. The third-order valence-electron chi connectivity index (χ3n) is 5.07. The van der Waals surface area contributed by atoms with E-state index in [0.29, 0.717) is 36.5 Å². The van der Waals surface area contributed by atoms with Gasteiger partial charge in [0.15, 0.2) is 5.78 Å². The lowest BCUT2D eigenvalue weighted by molar-refractivity contribution is -0.146. The van der Waals surface area contributed by atoms with Crippen LogP contribution in [0.4, 0.5) is 5.69 Å². The molecule has 31 heavy (non-hydrogen) atoms. The second-order valence-corrected chi connectivity index (χ2v) is 8.23. The van der Waals surface area contributed by atoms with Gasteiger partial charge in [-0.25, -0.2) is 0 Å². The van der Waals surface area contributed by atoms with Crippen molar-refractivity contribution in [1.29, 1.82) is 0 Å². The molecule has 0 fully saturated rings. The number of carboxylic acids is 1. The Hall–Kier alpha value is -3.06. The number of aliphatic carboxylic acids is 1. The smallest absolute Gasteiger partial charge is 0.307 e. The summed E-state index contributed by atoms with van der Waals surface area (Å²) in [5, 5.41) is 12.1. The Bertz CT molecular complexity index is 953. The van der Waals surface area contributed by atoms with Crippen LogP contribution in [0.1, 0.15) is 30.1 Å². The van der Waals surface area contributed by atoms with Crippen LogP contribution < -0.4 is 10.1 Å². The summed E-state index contributed by atoms with van der Waals surface area (Å²) in [4.78, 5) is 37.2. The quantitative estimate of drug-likeness (QED) is 0.335. The number of carbonyl (C=O) groups is 3. The van der Waals surface area contributed by atoms with Crippen LogP contribution in [0.15, 0.2) is 65.6 Å². The molecule has 1 aliphatic carbocycles. The molecule has 0 heterocycles. The fourth-order valence-electron chi connectivity index (χ4n) is 3.38. The lowest BCUT2D eigenvalue weighted by Crippen LogP contribution is -2.34. The van der Waals surface area contributed by atoms with E-state index >= 15 is 0 Å². The van der Waals surface area contributed by atoms with Gasteiger partial charge in [-0.3, -0.25) is 14.4 Å². The molecule has 1 aliphatic rings. The number of Topliss-reactive ketones (excluding diaryl/α,β-unsaturated/α-hetero) is 1. The van der Waals surface area contributed by atoms with E-state index in [2.05, 4.69) is 5.32 Å². The highest BCUT2D eigenvalue weighted by Crippen LogP contribution is 2.28. The number of ketones is 1. The normalized spacial score (nSPS) is 17.7. The van der Waals surface area contributed by atoms with Crippen molar-refractivity contribution < 1.29 is 24.2 Å². The molecule has 2 atom stereocenters. The van der Waals surface area contributed by atoms with Crippen LogP contribution in [0.25, 0.3) is 0 Å². The number of anilines is 1. The summed E-state index contributed by atoms with van der Waals surface area (Å²) in [7, 11) is 0. The van der Waals surface area contributed by atoms with Crippen molar-refractivity contribution in [2.24, 2.45) is 11.8 Å². The second kappa shape index (κ2) is 10.8. The van der Waals surface area contributed by atoms with Crippen molar-refractivity contribution in [3.63, 3.8) is 0 Å². The van der Waals surface area contributed by atoms with Crippen molar-refractivity contribution >= 4 is 35.1 Å². The van der Waals surface area contributed by atoms with Crippen molar-refractivity contribution in [2.45, 2.75) is 24.7 Å². The summed E-state index contributed by atoms with van der Waals surface area (Å²) in [6.45, 7) is 2.49. The Morgan fingerprint density at radius 3 is 2.26 bits per heavy atom. The van der Waals surface area contributed by atoms with Gasteiger partial charge in [0.25, 0.3) is 0 Å². The zero-order chi connectivity index (χ0) is 22.2. The summed E-state index contributed by atoms with van der Waals surface area (Å²) in [5.41, 5.74) is 1.24. The maximum Gasteiger partial charge on any atom is 0.307 e. The predicted molar refractivity (Wildman–Crippen MR) is 121 cm³/mol. The number of benzene rings is 2. The number of nitrogens with one attached hydrogen (secondary N) is 1. The SMILES string of the molecule is CCOc1ccc(C(=O)CSc2ccc(NC(=O)C3CC=CCC3C(=O)O)cc2)cc1. The third-order valence-corrected chi connectivity index (χ3v) is 6.08. The maximum absolute atomic E-state index is 12.5. The van der Waals surface area contributed by atoms with Crippen molar-refractivity contribution in [1.82, 2.24) is 0 Å². The van der Waals surface area contributed by atoms with E-state index in [1.54, 1.807) is 36.4 Å². The minimum absolute atomic E-state index is 0.0236. The lowest BCUT2D eigenvalue weighted by atomic mass is 9.82. The number of carboxylic acid groups (broad SMARTS) is 1. The number of carbonyl (C=O) groups excluding carboxylic acids is 2. The highest BCUT2D eigenvalue weighted by molar-refractivity contribution is 8.00. The van der Waals surface area contributed by atoms with Gasteiger partial charge in [0.05, 0.1) is 24.2 Å². The van der Waals surface area contributed by atoms with Gasteiger partial charge in [-0.1, -0.05) is 12.2 Å². The van der Waals surface area contributed by atoms with Crippen molar-refractivity contribution in [2.75, 3.05) is 17.7 Å². The molecular formula is C24H25NO5S. The van der Waals surface area contributed by atoms with Crippen LogP contribution in [0.5, 0.6) is 5.75 Å². The molecule has 0 aliphatic heterocycles. The number of allylic oxidation sites excluding steroid dienone is 2. The zero-order valence-electron chi connectivity index (χ0n) is 17.2. The van der Waals surface area contributed by atoms with E-state index in [1.807, 2.05) is 31.2 Å². The number of ether oxygens (including phenoxy) is 1. The first-order valence-electron chi connectivity index (χ1n) is 10.2. The van der Waals surface area contributed by atoms with Gasteiger partial charge in [0, 0.05) is 16.1 Å². The Kier molecular flexibility index (Phi) is 7.89. The molecule has 0 radical (unpaired) electrons. The average molecular weight is 440 g/mol. The van der Waals surface area contributed by atoms with E-state index in [-0.39, 0.29) is 11.7 Å². The summed E-state index contributed by atoms with van der Waals surface area (Å²) in [5.74, 6) is -1.46. The molecule has 2 N–H and O–H groups in total. The monoisotopic (exact) mass is 439 g/mol. The predicted octanol–water partition coefficient (Wildman–Crippen LogP) is 4.67. The molecule has 2 unspecified atom stereocenters. The minimum Gasteiger partial charge on any atom is -0.494 e. The molecule has 0 aromatic heterocycles. The van der Waals surface area contributed by atoms with E-state index in [4.69, 9.17) is 4.74 Å². The van der Waals surface area contributed by atoms with Crippen molar-refractivity contribution in [3.05, 3.63) is 66.2 Å². The van der Waals surface area contributed by atoms with Gasteiger partial charge < -0.3 is 15.2 Å². The molecule has 2 aromatic rings. The fourth-order valence-corrected chi connectivity index (χ4v) is 4.18. The molecule has 1 amide bonds. The topological polar surface area (TPSA) is 92.7 Å². The number of amides is 1. The van der Waals surface area contributed by atoms with Gasteiger partial charge in [0.2, 0.25) is 5.91 Å². The molecule has 0 bridgehead atoms. The Morgan fingerprint density at radius 2 is 1.65 bits per heavy atom. The van der Waals surface area contributed by atoms with E-state index < -0.39 is 17.8 Å². The largest absolute Gasteiger partial charge is 0.494 e.